The van der Waals surface area contributed by atoms with E-state index in [0.29, 0.717) is 12.4 Å². The Kier molecular flexibility index (Phi) is 9.70. The van der Waals surface area contributed by atoms with Gasteiger partial charge in [0.2, 0.25) is 9.84 Å². The number of aromatic nitrogens is 3. The third kappa shape index (κ3) is 6.76. The van der Waals surface area contributed by atoms with Gasteiger partial charge in [-0.25, -0.2) is 8.42 Å². The van der Waals surface area contributed by atoms with Crippen molar-refractivity contribution in [3.05, 3.63) is 83.2 Å². The summed E-state index contributed by atoms with van der Waals surface area (Å²) in [6, 6.07) is 17.3. The molecule has 0 aliphatic rings. The van der Waals surface area contributed by atoms with Crippen LogP contribution in [0.15, 0.2) is 92.3 Å². The average molecular weight is 584 g/mol. The van der Waals surface area contributed by atoms with Crippen molar-refractivity contribution in [3.63, 3.8) is 0 Å². The van der Waals surface area contributed by atoms with Crippen molar-refractivity contribution in [3.8, 4) is 5.75 Å². The average Bonchev–Trinajstić information content (AvgIpc) is 2.97. The van der Waals surface area contributed by atoms with E-state index in [9.17, 15) is 21.6 Å². The minimum absolute atomic E-state index is 0.0500. The second kappa shape index (κ2) is 13.2. The van der Waals surface area contributed by atoms with E-state index in [1.54, 1.807) is 18.2 Å². The topological polar surface area (TPSA) is 125 Å². The molecule has 3 aromatic carbocycles. The van der Waals surface area contributed by atoms with Crippen molar-refractivity contribution >= 4 is 30.8 Å². The number of benzene rings is 3. The lowest BCUT2D eigenvalue weighted by Crippen LogP contribution is -2.31. The zero-order valence-electron chi connectivity index (χ0n) is 22.4. The summed E-state index contributed by atoms with van der Waals surface area (Å²) in [6.07, 6.45) is 9.48. The molecule has 0 radical (unpaired) electrons. The van der Waals surface area contributed by atoms with Gasteiger partial charge in [0, 0.05) is 0 Å². The Bertz CT molecular complexity index is 1700. The molecule has 0 saturated heterocycles. The van der Waals surface area contributed by atoms with Crippen molar-refractivity contribution in [2.45, 2.75) is 73.0 Å². The number of hydrogen-bond acceptors (Lipinski definition) is 8. The maximum Gasteiger partial charge on any atom is 0.292 e. The van der Waals surface area contributed by atoms with E-state index in [2.05, 4.69) is 17.2 Å². The molecule has 0 aliphatic heterocycles. The third-order valence-electron chi connectivity index (χ3n) is 6.59. The highest BCUT2D eigenvalue weighted by molar-refractivity contribution is 7.91. The lowest BCUT2D eigenvalue weighted by atomic mass is 10.1. The van der Waals surface area contributed by atoms with Gasteiger partial charge in [-0.05, 0) is 66.2 Å². The largest absolute Gasteiger partial charge is 0.494 e. The van der Waals surface area contributed by atoms with Gasteiger partial charge in [-0.15, -0.1) is 5.10 Å². The Hall–Kier alpha value is -3.57. The van der Waals surface area contributed by atoms with Crippen molar-refractivity contribution < 1.29 is 21.6 Å². The van der Waals surface area contributed by atoms with E-state index < -0.39 is 25.4 Å². The molecule has 0 aliphatic carbocycles. The van der Waals surface area contributed by atoms with E-state index in [-0.39, 0.29) is 29.7 Å². The molecule has 40 heavy (non-hydrogen) atoms. The highest BCUT2D eigenvalue weighted by Crippen LogP contribution is 2.23. The predicted octanol–water partition coefficient (Wildman–Crippen LogP) is 5.38. The first kappa shape index (κ1) is 29.4. The van der Waals surface area contributed by atoms with Gasteiger partial charge in [-0.1, -0.05) is 74.2 Å². The molecule has 4 rings (SSSR count). The SMILES string of the molecule is CCCCCCCCCCOc1ccc(S(=O)(=O)n2nnc3ccc(S(=O)(=O)c4ccccc4)cc3c2=O)cc1. The van der Waals surface area contributed by atoms with Crippen LogP contribution in [0, 0.1) is 0 Å². The van der Waals surface area contributed by atoms with Crippen LogP contribution < -0.4 is 10.3 Å². The first-order valence-electron chi connectivity index (χ1n) is 13.4. The Morgan fingerprint density at radius 3 is 2.02 bits per heavy atom. The molecule has 0 unspecified atom stereocenters. The zero-order valence-corrected chi connectivity index (χ0v) is 24.0. The summed E-state index contributed by atoms with van der Waals surface area (Å²) in [5.74, 6) is 0.523. The van der Waals surface area contributed by atoms with Crippen LogP contribution in [-0.4, -0.2) is 37.8 Å². The lowest BCUT2D eigenvalue weighted by molar-refractivity contribution is 0.304. The molecule has 1 aromatic heterocycles. The van der Waals surface area contributed by atoms with Crippen LogP contribution in [0.2, 0.25) is 0 Å². The number of unbranched alkanes of at least 4 members (excludes halogenated alkanes) is 7. The standard InChI is InChI=1S/C29H33N3O6S2/c1-2-3-4-5-6-7-8-12-21-38-23-15-17-25(18-16-23)40(36,37)32-29(33)27-22-26(19-20-28(27)30-31-32)39(34,35)24-13-10-9-11-14-24/h9-11,13-20,22H,2-8,12,21H2,1H3. The third-order valence-corrected chi connectivity index (χ3v) is 9.91. The van der Waals surface area contributed by atoms with Crippen LogP contribution in [0.3, 0.4) is 0 Å². The van der Waals surface area contributed by atoms with Crippen molar-refractivity contribution in [1.29, 1.82) is 0 Å². The summed E-state index contributed by atoms with van der Waals surface area (Å²) in [5, 5.41) is 7.28. The molecule has 9 nitrogen and oxygen atoms in total. The van der Waals surface area contributed by atoms with Gasteiger partial charge in [-0.2, -0.15) is 8.42 Å². The molecule has 4 aromatic rings. The number of ether oxygens (including phenoxy) is 1. The number of sulfone groups is 1. The second-order valence-electron chi connectivity index (χ2n) is 9.53. The highest BCUT2D eigenvalue weighted by atomic mass is 32.2. The van der Waals surface area contributed by atoms with Crippen molar-refractivity contribution in [1.82, 2.24) is 14.4 Å². The minimum Gasteiger partial charge on any atom is -0.494 e. The fourth-order valence-electron chi connectivity index (χ4n) is 4.30. The van der Waals surface area contributed by atoms with Crippen LogP contribution in [-0.2, 0) is 19.9 Å². The van der Waals surface area contributed by atoms with Gasteiger partial charge in [0.15, 0.2) is 0 Å². The predicted molar refractivity (Wildman–Crippen MR) is 153 cm³/mol. The molecule has 0 atom stereocenters. The Morgan fingerprint density at radius 2 is 1.35 bits per heavy atom. The maximum absolute atomic E-state index is 13.2. The van der Waals surface area contributed by atoms with Crippen LogP contribution in [0.5, 0.6) is 5.75 Å². The second-order valence-corrected chi connectivity index (χ2v) is 13.2. The lowest BCUT2D eigenvalue weighted by Gasteiger charge is -2.10. The number of nitrogens with zero attached hydrogens (tertiary/aromatic N) is 3. The summed E-state index contributed by atoms with van der Waals surface area (Å²) in [7, 11) is -8.33. The highest BCUT2D eigenvalue weighted by Gasteiger charge is 2.24. The Labute approximate surface area is 234 Å². The normalized spacial score (nSPS) is 12.0. The first-order chi connectivity index (χ1) is 19.2. The number of fused-ring (bicyclic) bond motifs is 1. The Balaban J connectivity index is 1.47. The van der Waals surface area contributed by atoms with Crippen LogP contribution >= 0.6 is 0 Å². The molecule has 0 amide bonds. The molecule has 11 heteroatoms. The summed E-state index contributed by atoms with van der Waals surface area (Å²) in [5.41, 5.74) is -0.918. The van der Waals surface area contributed by atoms with Gasteiger partial charge in [0.05, 0.1) is 26.7 Å². The molecule has 0 saturated carbocycles. The van der Waals surface area contributed by atoms with Gasteiger partial charge >= 0.3 is 0 Å². The quantitative estimate of drug-likeness (QED) is 0.181. The number of rotatable bonds is 14. The van der Waals surface area contributed by atoms with Gasteiger partial charge in [0.1, 0.15) is 11.3 Å². The number of hydrogen-bond donors (Lipinski definition) is 0. The molecule has 212 valence electrons. The zero-order chi connectivity index (χ0) is 28.6. The van der Waals surface area contributed by atoms with E-state index in [1.807, 2.05) is 0 Å². The van der Waals surface area contributed by atoms with Gasteiger partial charge in [0.25, 0.3) is 15.6 Å². The minimum atomic E-state index is -4.40. The summed E-state index contributed by atoms with van der Waals surface area (Å²) < 4.78 is 58.6. The Morgan fingerprint density at radius 1 is 0.725 bits per heavy atom. The van der Waals surface area contributed by atoms with E-state index in [1.165, 1.54) is 87.1 Å². The van der Waals surface area contributed by atoms with Crippen LogP contribution in [0.25, 0.3) is 10.9 Å². The molecule has 1 heterocycles. The molecular formula is C29H33N3O6S2. The summed E-state index contributed by atoms with van der Waals surface area (Å²) in [4.78, 5) is 12.9. The van der Waals surface area contributed by atoms with E-state index in [4.69, 9.17) is 4.74 Å². The van der Waals surface area contributed by atoms with Crippen molar-refractivity contribution in [2.75, 3.05) is 6.61 Å². The fourth-order valence-corrected chi connectivity index (χ4v) is 6.74. The van der Waals surface area contributed by atoms with Gasteiger partial charge < -0.3 is 4.74 Å². The van der Waals surface area contributed by atoms with E-state index >= 15 is 0 Å². The van der Waals surface area contributed by atoms with Gasteiger partial charge in [-0.3, -0.25) is 4.79 Å². The summed E-state index contributed by atoms with van der Waals surface area (Å²) >= 11 is 0. The molecule has 0 spiro atoms. The first-order valence-corrected chi connectivity index (χ1v) is 16.4. The monoisotopic (exact) mass is 583 g/mol. The van der Waals surface area contributed by atoms with E-state index in [0.717, 1.165) is 18.9 Å². The molecule has 0 bridgehead atoms. The van der Waals surface area contributed by atoms with Crippen molar-refractivity contribution in [2.24, 2.45) is 0 Å². The van der Waals surface area contributed by atoms with Crippen LogP contribution in [0.1, 0.15) is 58.3 Å². The maximum atomic E-state index is 13.2. The molecular weight excluding hydrogens is 550 g/mol. The molecule has 0 fully saturated rings. The summed E-state index contributed by atoms with van der Waals surface area (Å²) in [6.45, 7) is 2.74. The fraction of sp³-hybridized carbons (Fsp3) is 0.345. The van der Waals surface area contributed by atoms with Crippen LogP contribution in [0.4, 0.5) is 0 Å². The molecule has 0 N–H and O–H groups in total. The smallest absolute Gasteiger partial charge is 0.292 e.